The molecule has 0 aliphatic rings. The van der Waals surface area contributed by atoms with Crippen molar-refractivity contribution in [2.45, 2.75) is 19.8 Å². The first kappa shape index (κ1) is 12.7. The smallest absolute Gasteiger partial charge is 0.238 e. The van der Waals surface area contributed by atoms with E-state index in [0.717, 1.165) is 25.1 Å². The number of nitrogens with one attached hydrogen (secondary N) is 1. The van der Waals surface area contributed by atoms with Crippen molar-refractivity contribution in [1.82, 2.24) is 9.88 Å². The van der Waals surface area contributed by atoms with Gasteiger partial charge in [0.2, 0.25) is 3.79 Å². The van der Waals surface area contributed by atoms with Gasteiger partial charge >= 0.3 is 0 Å². The zero-order valence-corrected chi connectivity index (χ0v) is 11.6. The van der Waals surface area contributed by atoms with Crippen molar-refractivity contribution >= 4 is 26.4 Å². The normalized spacial score (nSPS) is 11.0. The zero-order chi connectivity index (χ0) is 11.4. The summed E-state index contributed by atoms with van der Waals surface area (Å²) in [5.41, 5.74) is 3.14. The number of rotatable bonds is 5. The summed E-state index contributed by atoms with van der Waals surface area (Å²) in [7, 11) is 4.13. The molecule has 0 radical (unpaired) electrons. The average molecular weight is 320 g/mol. The summed E-state index contributed by atoms with van der Waals surface area (Å²) in [4.78, 5) is 16.5. The van der Waals surface area contributed by atoms with Gasteiger partial charge in [-0.1, -0.05) is 0 Å². The largest absolute Gasteiger partial charge is 0.358 e. The van der Waals surface area contributed by atoms with Gasteiger partial charge in [-0.25, -0.2) is 0 Å². The number of carbonyl (C=O) groups is 1. The molecular weight excluding hydrogens is 303 g/mol. The minimum Gasteiger partial charge on any atom is -0.358 e. The van der Waals surface area contributed by atoms with Crippen LogP contribution in [0.5, 0.6) is 0 Å². The van der Waals surface area contributed by atoms with Gasteiger partial charge in [-0.3, -0.25) is 4.79 Å². The van der Waals surface area contributed by atoms with Crippen LogP contribution >= 0.6 is 22.6 Å². The van der Waals surface area contributed by atoms with E-state index in [9.17, 15) is 4.79 Å². The van der Waals surface area contributed by atoms with Crippen molar-refractivity contribution < 1.29 is 4.79 Å². The van der Waals surface area contributed by atoms with E-state index in [1.165, 1.54) is 11.1 Å². The number of nitrogens with zero attached hydrogens (tertiary/aromatic N) is 1. The van der Waals surface area contributed by atoms with Gasteiger partial charge in [0.1, 0.15) is 0 Å². The Morgan fingerprint density at radius 3 is 2.73 bits per heavy atom. The van der Waals surface area contributed by atoms with Gasteiger partial charge in [-0.15, -0.1) is 0 Å². The molecule has 0 atom stereocenters. The average Bonchev–Trinajstić information content (AvgIpc) is 2.47. The van der Waals surface area contributed by atoms with Crippen molar-refractivity contribution in [2.24, 2.45) is 0 Å². The van der Waals surface area contributed by atoms with Crippen molar-refractivity contribution in [3.63, 3.8) is 0 Å². The third-order valence-electron chi connectivity index (χ3n) is 2.44. The molecule has 0 saturated carbocycles. The Bertz CT molecular complexity index is 344. The molecule has 1 aromatic rings. The van der Waals surface area contributed by atoms with Gasteiger partial charge in [0.05, 0.1) is 5.69 Å². The summed E-state index contributed by atoms with van der Waals surface area (Å²) in [6, 6.07) is 0. The van der Waals surface area contributed by atoms with E-state index in [0.29, 0.717) is 0 Å². The molecule has 0 bridgehead atoms. The minimum absolute atomic E-state index is 0.0977. The Hall–Kier alpha value is -0.360. The van der Waals surface area contributed by atoms with Crippen LogP contribution in [0, 0.1) is 6.92 Å². The van der Waals surface area contributed by atoms with E-state index < -0.39 is 0 Å². The SMILES string of the molecule is Cc1c[nH]c(C(=O)I)c1CCCN(C)C. The molecule has 0 fully saturated rings. The number of carbonyl (C=O) groups excluding carboxylic acids is 1. The number of H-pyrrole nitrogens is 1. The maximum absolute atomic E-state index is 11.3. The highest BCUT2D eigenvalue weighted by Gasteiger charge is 2.12. The molecule has 0 spiro atoms. The highest BCUT2D eigenvalue weighted by atomic mass is 127. The van der Waals surface area contributed by atoms with Gasteiger partial charge in [0.25, 0.3) is 0 Å². The molecule has 0 aliphatic carbocycles. The van der Waals surface area contributed by atoms with Crippen LogP contribution in [0.15, 0.2) is 6.20 Å². The van der Waals surface area contributed by atoms with E-state index in [1.807, 2.05) is 35.7 Å². The number of halogens is 1. The van der Waals surface area contributed by atoms with Crippen LogP contribution in [-0.2, 0) is 6.42 Å². The van der Waals surface area contributed by atoms with Crippen molar-refractivity contribution in [2.75, 3.05) is 20.6 Å². The summed E-state index contributed by atoms with van der Waals surface area (Å²) in [6.07, 6.45) is 3.97. The number of hydrogen-bond donors (Lipinski definition) is 1. The van der Waals surface area contributed by atoms with Crippen LogP contribution < -0.4 is 0 Å². The fourth-order valence-corrected chi connectivity index (χ4v) is 2.10. The fraction of sp³-hybridized carbons (Fsp3) is 0.545. The second-order valence-electron chi connectivity index (χ2n) is 4.01. The molecule has 4 heteroatoms. The second kappa shape index (κ2) is 5.65. The fourth-order valence-electron chi connectivity index (χ4n) is 1.62. The molecular formula is C11H17IN2O. The van der Waals surface area contributed by atoms with Crippen LogP contribution in [0.1, 0.15) is 28.0 Å². The Kier molecular flexibility index (Phi) is 4.79. The van der Waals surface area contributed by atoms with Gasteiger partial charge in [-0.2, -0.15) is 0 Å². The van der Waals surface area contributed by atoms with Crippen LogP contribution in [0.4, 0.5) is 0 Å². The van der Waals surface area contributed by atoms with Gasteiger partial charge in [0, 0.05) is 28.8 Å². The molecule has 1 N–H and O–H groups in total. The van der Waals surface area contributed by atoms with Crippen LogP contribution in [0.2, 0.25) is 0 Å². The summed E-state index contributed by atoms with van der Waals surface area (Å²) in [5.74, 6) is 0. The van der Waals surface area contributed by atoms with Crippen LogP contribution in [0.25, 0.3) is 0 Å². The molecule has 15 heavy (non-hydrogen) atoms. The Balaban J connectivity index is 2.66. The molecule has 0 amide bonds. The highest BCUT2D eigenvalue weighted by molar-refractivity contribution is 14.1. The summed E-state index contributed by atoms with van der Waals surface area (Å²) in [5, 5.41) is 0. The first-order valence-corrected chi connectivity index (χ1v) is 6.11. The lowest BCUT2D eigenvalue weighted by Crippen LogP contribution is -2.14. The lowest BCUT2D eigenvalue weighted by Gasteiger charge is -2.09. The third kappa shape index (κ3) is 3.61. The van der Waals surface area contributed by atoms with Crippen LogP contribution in [-0.4, -0.2) is 34.3 Å². The standard InChI is InChI=1S/C11H17IN2O/c1-8-7-13-10(11(12)15)9(8)5-4-6-14(2)3/h7,13H,4-6H2,1-3H3. The molecule has 1 rings (SSSR count). The Labute approximate surface area is 104 Å². The lowest BCUT2D eigenvalue weighted by atomic mass is 10.1. The maximum atomic E-state index is 11.3. The number of aromatic amines is 1. The predicted octanol–water partition coefficient (Wildman–Crippen LogP) is 2.39. The summed E-state index contributed by atoms with van der Waals surface area (Å²) >= 11 is 1.83. The van der Waals surface area contributed by atoms with E-state index in [2.05, 4.69) is 24.0 Å². The first-order chi connectivity index (χ1) is 7.02. The second-order valence-corrected chi connectivity index (χ2v) is 4.99. The first-order valence-electron chi connectivity index (χ1n) is 5.03. The number of aryl methyl sites for hydroxylation is 1. The maximum Gasteiger partial charge on any atom is 0.238 e. The molecule has 0 unspecified atom stereocenters. The lowest BCUT2D eigenvalue weighted by molar-refractivity contribution is 0.110. The summed E-state index contributed by atoms with van der Waals surface area (Å²) in [6.45, 7) is 3.10. The van der Waals surface area contributed by atoms with E-state index in [1.54, 1.807) is 0 Å². The monoisotopic (exact) mass is 320 g/mol. The third-order valence-corrected chi connectivity index (χ3v) is 2.98. The zero-order valence-electron chi connectivity index (χ0n) is 9.43. The topological polar surface area (TPSA) is 36.1 Å². The van der Waals surface area contributed by atoms with E-state index in [-0.39, 0.29) is 3.79 Å². The molecule has 1 heterocycles. The Morgan fingerprint density at radius 1 is 1.53 bits per heavy atom. The van der Waals surface area contributed by atoms with Crippen molar-refractivity contribution in [1.29, 1.82) is 0 Å². The van der Waals surface area contributed by atoms with Crippen molar-refractivity contribution in [3.8, 4) is 0 Å². The van der Waals surface area contributed by atoms with Crippen LogP contribution in [0.3, 0.4) is 0 Å². The molecule has 3 nitrogen and oxygen atoms in total. The minimum atomic E-state index is 0.0977. The van der Waals surface area contributed by atoms with Crippen molar-refractivity contribution in [3.05, 3.63) is 23.0 Å². The molecule has 84 valence electrons. The molecule has 0 saturated heterocycles. The number of aromatic nitrogens is 1. The molecule has 0 aliphatic heterocycles. The molecule has 1 aromatic heterocycles. The van der Waals surface area contributed by atoms with Gasteiger partial charge in [-0.05, 0) is 51.5 Å². The van der Waals surface area contributed by atoms with Gasteiger partial charge < -0.3 is 9.88 Å². The van der Waals surface area contributed by atoms with Gasteiger partial charge in [0.15, 0.2) is 0 Å². The summed E-state index contributed by atoms with van der Waals surface area (Å²) < 4.78 is 0.0977. The number of hydrogen-bond acceptors (Lipinski definition) is 2. The predicted molar refractivity (Wildman–Crippen MR) is 70.8 cm³/mol. The van der Waals surface area contributed by atoms with E-state index >= 15 is 0 Å². The molecule has 0 aromatic carbocycles. The van der Waals surface area contributed by atoms with E-state index in [4.69, 9.17) is 0 Å². The quantitative estimate of drug-likeness (QED) is 0.668. The highest BCUT2D eigenvalue weighted by Crippen LogP contribution is 2.18. The Morgan fingerprint density at radius 2 is 2.20 bits per heavy atom.